The maximum atomic E-state index is 12.4. The van der Waals surface area contributed by atoms with Crippen molar-refractivity contribution < 1.29 is 14.3 Å². The zero-order valence-corrected chi connectivity index (χ0v) is 18.6. The summed E-state index contributed by atoms with van der Waals surface area (Å²) in [7, 11) is 0. The number of aryl methyl sites for hydroxylation is 2. The molecule has 2 rings (SSSR count). The molecule has 0 aliphatic carbocycles. The second kappa shape index (κ2) is 10.9. The zero-order valence-electron chi connectivity index (χ0n) is 18.6. The van der Waals surface area contributed by atoms with E-state index < -0.39 is 6.10 Å². The van der Waals surface area contributed by atoms with E-state index in [2.05, 4.69) is 43.4 Å². The molecule has 1 N–H and O–H groups in total. The molecule has 0 aromatic heterocycles. The van der Waals surface area contributed by atoms with Crippen LogP contribution < -0.4 is 14.8 Å². The van der Waals surface area contributed by atoms with Gasteiger partial charge in [0.25, 0.3) is 5.91 Å². The van der Waals surface area contributed by atoms with Gasteiger partial charge in [0, 0.05) is 6.54 Å². The molecule has 158 valence electrons. The average molecular weight is 398 g/mol. The van der Waals surface area contributed by atoms with Crippen molar-refractivity contribution in [1.29, 1.82) is 0 Å². The highest BCUT2D eigenvalue weighted by molar-refractivity contribution is 5.80. The molecular weight excluding hydrogens is 362 g/mol. The van der Waals surface area contributed by atoms with E-state index in [1.54, 1.807) is 6.92 Å². The van der Waals surface area contributed by atoms with Crippen LogP contribution in [-0.4, -0.2) is 24.7 Å². The maximum absolute atomic E-state index is 12.4. The molecule has 0 aliphatic rings. The van der Waals surface area contributed by atoms with Crippen LogP contribution in [0.3, 0.4) is 0 Å². The van der Waals surface area contributed by atoms with Gasteiger partial charge in [-0.15, -0.1) is 0 Å². The summed E-state index contributed by atoms with van der Waals surface area (Å²) < 4.78 is 11.6. The molecule has 2 aromatic rings. The van der Waals surface area contributed by atoms with Crippen LogP contribution in [0.5, 0.6) is 11.5 Å². The van der Waals surface area contributed by atoms with Crippen molar-refractivity contribution in [1.82, 2.24) is 5.32 Å². The van der Waals surface area contributed by atoms with E-state index >= 15 is 0 Å². The van der Waals surface area contributed by atoms with Crippen LogP contribution in [0.15, 0.2) is 42.5 Å². The van der Waals surface area contributed by atoms with Crippen molar-refractivity contribution in [3.8, 4) is 11.5 Å². The van der Waals surface area contributed by atoms with Gasteiger partial charge in [-0.05, 0) is 81.3 Å². The van der Waals surface area contributed by atoms with Gasteiger partial charge < -0.3 is 14.8 Å². The standard InChI is InChI=1S/C25H35NO3/c1-17(2)23-14-9-19(5)16-24(23)29-20(6)25(27)26-15-7-8-21-10-12-22(13-11-21)28-18(3)4/h9-14,16-18,20H,7-8,15H2,1-6H3,(H,26,27)/t20-/m0/s1. The Labute approximate surface area is 175 Å². The van der Waals surface area contributed by atoms with Gasteiger partial charge in [0.05, 0.1) is 6.10 Å². The predicted molar refractivity (Wildman–Crippen MR) is 119 cm³/mol. The smallest absolute Gasteiger partial charge is 0.260 e. The summed E-state index contributed by atoms with van der Waals surface area (Å²) in [5, 5.41) is 2.99. The minimum atomic E-state index is -0.526. The summed E-state index contributed by atoms with van der Waals surface area (Å²) in [5.41, 5.74) is 3.49. The Hall–Kier alpha value is -2.49. The van der Waals surface area contributed by atoms with Crippen LogP contribution in [0.25, 0.3) is 0 Å². The van der Waals surface area contributed by atoms with Crippen molar-refractivity contribution in [2.24, 2.45) is 0 Å². The van der Waals surface area contributed by atoms with Crippen molar-refractivity contribution in [2.45, 2.75) is 72.5 Å². The van der Waals surface area contributed by atoms with Gasteiger partial charge in [-0.25, -0.2) is 0 Å². The number of hydrogen-bond donors (Lipinski definition) is 1. The number of nitrogens with one attached hydrogen (secondary N) is 1. The summed E-state index contributed by atoms with van der Waals surface area (Å²) in [6, 6.07) is 14.3. The van der Waals surface area contributed by atoms with Crippen LogP contribution in [0.2, 0.25) is 0 Å². The third kappa shape index (κ3) is 7.45. The zero-order chi connectivity index (χ0) is 21.4. The molecule has 0 saturated heterocycles. The molecular formula is C25H35NO3. The Morgan fingerprint density at radius 2 is 1.66 bits per heavy atom. The second-order valence-electron chi connectivity index (χ2n) is 8.16. The molecule has 0 unspecified atom stereocenters. The lowest BCUT2D eigenvalue weighted by Gasteiger charge is -2.19. The molecule has 0 aliphatic heterocycles. The fraction of sp³-hybridized carbons (Fsp3) is 0.480. The molecule has 29 heavy (non-hydrogen) atoms. The van der Waals surface area contributed by atoms with Crippen LogP contribution in [0, 0.1) is 6.92 Å². The Morgan fingerprint density at radius 3 is 2.28 bits per heavy atom. The SMILES string of the molecule is Cc1ccc(C(C)C)c(O[C@@H](C)C(=O)NCCCc2ccc(OC(C)C)cc2)c1. The molecule has 4 nitrogen and oxygen atoms in total. The third-order valence-corrected chi connectivity index (χ3v) is 4.70. The van der Waals surface area contributed by atoms with E-state index in [4.69, 9.17) is 9.47 Å². The van der Waals surface area contributed by atoms with E-state index in [-0.39, 0.29) is 12.0 Å². The second-order valence-corrected chi connectivity index (χ2v) is 8.16. The van der Waals surface area contributed by atoms with Crippen LogP contribution >= 0.6 is 0 Å². The number of amides is 1. The molecule has 1 atom stereocenters. The lowest BCUT2D eigenvalue weighted by Crippen LogP contribution is -2.37. The maximum Gasteiger partial charge on any atom is 0.260 e. The van der Waals surface area contributed by atoms with Gasteiger partial charge in [0.1, 0.15) is 11.5 Å². The van der Waals surface area contributed by atoms with E-state index in [1.165, 1.54) is 5.56 Å². The third-order valence-electron chi connectivity index (χ3n) is 4.70. The Kier molecular flexibility index (Phi) is 8.56. The predicted octanol–water partition coefficient (Wildman–Crippen LogP) is 5.42. The Bertz CT molecular complexity index is 781. The summed E-state index contributed by atoms with van der Waals surface area (Å²) >= 11 is 0. The first kappa shape index (κ1) is 22.8. The molecule has 0 fully saturated rings. The molecule has 0 spiro atoms. The molecule has 0 bridgehead atoms. The normalized spacial score (nSPS) is 12.1. The number of carbonyl (C=O) groups excluding carboxylic acids is 1. The van der Waals surface area contributed by atoms with Crippen molar-refractivity contribution >= 4 is 5.91 Å². The van der Waals surface area contributed by atoms with E-state index in [0.29, 0.717) is 12.5 Å². The molecule has 2 aromatic carbocycles. The quantitative estimate of drug-likeness (QED) is 0.544. The van der Waals surface area contributed by atoms with Gasteiger partial charge >= 0.3 is 0 Å². The number of benzene rings is 2. The molecule has 0 radical (unpaired) electrons. The lowest BCUT2D eigenvalue weighted by molar-refractivity contribution is -0.127. The highest BCUT2D eigenvalue weighted by Gasteiger charge is 2.17. The fourth-order valence-corrected chi connectivity index (χ4v) is 3.12. The number of hydrogen-bond acceptors (Lipinski definition) is 3. The number of ether oxygens (including phenoxy) is 2. The van der Waals surface area contributed by atoms with Crippen LogP contribution in [0.1, 0.15) is 63.6 Å². The highest BCUT2D eigenvalue weighted by atomic mass is 16.5. The monoisotopic (exact) mass is 397 g/mol. The Balaban J connectivity index is 1.78. The van der Waals surface area contributed by atoms with Gasteiger partial charge in [-0.2, -0.15) is 0 Å². The van der Waals surface area contributed by atoms with Gasteiger partial charge in [-0.1, -0.05) is 38.1 Å². The van der Waals surface area contributed by atoms with Gasteiger partial charge in [0.2, 0.25) is 0 Å². The first-order valence-electron chi connectivity index (χ1n) is 10.6. The summed E-state index contributed by atoms with van der Waals surface area (Å²) in [5.74, 6) is 1.95. The van der Waals surface area contributed by atoms with Gasteiger partial charge in [-0.3, -0.25) is 4.79 Å². The van der Waals surface area contributed by atoms with E-state index in [0.717, 1.165) is 35.5 Å². The first-order valence-corrected chi connectivity index (χ1v) is 10.6. The minimum Gasteiger partial charge on any atom is -0.491 e. The molecule has 0 saturated carbocycles. The van der Waals surface area contributed by atoms with E-state index in [9.17, 15) is 4.79 Å². The summed E-state index contributed by atoms with van der Waals surface area (Å²) in [6.07, 6.45) is 1.44. The number of rotatable bonds is 10. The minimum absolute atomic E-state index is 0.0816. The van der Waals surface area contributed by atoms with Crippen molar-refractivity contribution in [3.05, 3.63) is 59.2 Å². The molecule has 1 amide bonds. The molecule has 0 heterocycles. The van der Waals surface area contributed by atoms with Crippen LogP contribution in [-0.2, 0) is 11.2 Å². The highest BCUT2D eigenvalue weighted by Crippen LogP contribution is 2.28. The van der Waals surface area contributed by atoms with Crippen molar-refractivity contribution in [2.75, 3.05) is 6.54 Å². The fourth-order valence-electron chi connectivity index (χ4n) is 3.12. The van der Waals surface area contributed by atoms with Gasteiger partial charge in [0.15, 0.2) is 6.10 Å². The Morgan fingerprint density at radius 1 is 0.966 bits per heavy atom. The van der Waals surface area contributed by atoms with Crippen LogP contribution in [0.4, 0.5) is 0 Å². The van der Waals surface area contributed by atoms with E-state index in [1.807, 2.05) is 39.0 Å². The first-order chi connectivity index (χ1) is 13.8. The molecule has 4 heteroatoms. The topological polar surface area (TPSA) is 47.6 Å². The number of carbonyl (C=O) groups is 1. The lowest BCUT2D eigenvalue weighted by atomic mass is 10.0. The summed E-state index contributed by atoms with van der Waals surface area (Å²) in [6.45, 7) is 12.8. The van der Waals surface area contributed by atoms with Crippen molar-refractivity contribution in [3.63, 3.8) is 0 Å². The summed E-state index contributed by atoms with van der Waals surface area (Å²) in [4.78, 5) is 12.4. The largest absolute Gasteiger partial charge is 0.491 e. The average Bonchev–Trinajstić information content (AvgIpc) is 2.65.